The highest BCUT2D eigenvalue weighted by molar-refractivity contribution is 14.0. The fourth-order valence-corrected chi connectivity index (χ4v) is 4.33. The molecule has 2 N–H and O–H groups in total. The summed E-state index contributed by atoms with van der Waals surface area (Å²) in [5, 5.41) is 6.92. The van der Waals surface area contributed by atoms with Crippen LogP contribution in [-0.2, 0) is 9.47 Å². The van der Waals surface area contributed by atoms with Crippen molar-refractivity contribution in [3.63, 3.8) is 0 Å². The zero-order valence-corrected chi connectivity index (χ0v) is 18.8. The number of ether oxygens (including phenoxy) is 2. The average molecular weight is 480 g/mol. The molecule has 3 aliphatic heterocycles. The lowest BCUT2D eigenvalue weighted by Gasteiger charge is -2.43. The molecule has 0 amide bonds. The number of hydrogen-bond donors (Lipinski definition) is 2. The largest absolute Gasteiger partial charge is 0.381 e. The maximum atomic E-state index is 5.89. The van der Waals surface area contributed by atoms with Gasteiger partial charge in [0.25, 0.3) is 0 Å². The third kappa shape index (κ3) is 5.69. The Hall–Kier alpha value is -0.120. The van der Waals surface area contributed by atoms with Crippen LogP contribution in [0.1, 0.15) is 52.4 Å². The Balaban J connectivity index is 0.00000243. The van der Waals surface area contributed by atoms with Gasteiger partial charge in [-0.2, -0.15) is 0 Å². The van der Waals surface area contributed by atoms with Gasteiger partial charge in [-0.05, 0) is 65.5 Å². The molecule has 1 unspecified atom stereocenters. The summed E-state index contributed by atoms with van der Waals surface area (Å²) < 4.78 is 11.5. The van der Waals surface area contributed by atoms with Gasteiger partial charge in [0, 0.05) is 38.4 Å². The van der Waals surface area contributed by atoms with Crippen LogP contribution in [0.5, 0.6) is 0 Å². The Bertz CT molecular complexity index is 443. The molecule has 3 aliphatic rings. The van der Waals surface area contributed by atoms with Crippen LogP contribution in [0.2, 0.25) is 0 Å². The SMILES string of the molecule is CCNC(=NCC1(N2CCCC2)CCOCC1)NCC1(C)CCCO1.I. The topological polar surface area (TPSA) is 58.1 Å². The Morgan fingerprint density at radius 1 is 1.04 bits per heavy atom. The van der Waals surface area contributed by atoms with Crippen molar-refractivity contribution >= 4 is 29.9 Å². The van der Waals surface area contributed by atoms with Gasteiger partial charge < -0.3 is 20.1 Å². The molecular formula is C19H37IN4O2. The molecule has 0 radical (unpaired) electrons. The van der Waals surface area contributed by atoms with Crippen LogP contribution >= 0.6 is 24.0 Å². The summed E-state index contributed by atoms with van der Waals surface area (Å²) >= 11 is 0. The van der Waals surface area contributed by atoms with Gasteiger partial charge in [-0.25, -0.2) is 0 Å². The number of hydrogen-bond acceptors (Lipinski definition) is 4. The lowest BCUT2D eigenvalue weighted by Crippen LogP contribution is -2.54. The number of guanidine groups is 1. The third-order valence-corrected chi connectivity index (χ3v) is 6.01. The molecule has 0 aliphatic carbocycles. The summed E-state index contributed by atoms with van der Waals surface area (Å²) in [7, 11) is 0. The second kappa shape index (κ2) is 10.4. The van der Waals surface area contributed by atoms with Gasteiger partial charge in [-0.3, -0.25) is 9.89 Å². The van der Waals surface area contributed by atoms with Gasteiger partial charge in [0.05, 0.1) is 12.1 Å². The fraction of sp³-hybridized carbons (Fsp3) is 0.947. The second-order valence-electron chi connectivity index (χ2n) is 7.98. The van der Waals surface area contributed by atoms with Crippen molar-refractivity contribution in [1.29, 1.82) is 0 Å². The quantitative estimate of drug-likeness (QED) is 0.348. The third-order valence-electron chi connectivity index (χ3n) is 6.01. The van der Waals surface area contributed by atoms with E-state index in [4.69, 9.17) is 14.5 Å². The molecule has 0 spiro atoms. The summed E-state index contributed by atoms with van der Waals surface area (Å²) in [6.45, 7) is 11.9. The van der Waals surface area contributed by atoms with E-state index in [0.29, 0.717) is 0 Å². The van der Waals surface area contributed by atoms with Gasteiger partial charge in [-0.15, -0.1) is 24.0 Å². The Kier molecular flexibility index (Phi) is 8.90. The standard InChI is InChI=1S/C19H36N4O2.HI/c1-3-20-17(21-15-18(2)7-6-12-25-18)22-16-19(8-13-24-14-9-19)23-10-4-5-11-23;/h3-16H2,1-2H3,(H2,20,21,22);1H. The second-order valence-corrected chi connectivity index (χ2v) is 7.98. The van der Waals surface area contributed by atoms with E-state index in [1.807, 2.05) is 0 Å². The molecule has 3 fully saturated rings. The van der Waals surface area contributed by atoms with E-state index < -0.39 is 0 Å². The summed E-state index contributed by atoms with van der Waals surface area (Å²) in [5.74, 6) is 0.921. The minimum atomic E-state index is -0.0541. The van der Waals surface area contributed by atoms with Crippen molar-refractivity contribution in [2.75, 3.05) is 52.5 Å². The summed E-state index contributed by atoms with van der Waals surface area (Å²) in [5.41, 5.74) is 0.131. The van der Waals surface area contributed by atoms with Crippen molar-refractivity contribution in [1.82, 2.24) is 15.5 Å². The normalized spacial score (nSPS) is 29.4. The molecule has 6 nitrogen and oxygen atoms in total. The molecule has 0 aromatic carbocycles. The zero-order valence-electron chi connectivity index (χ0n) is 16.5. The van der Waals surface area contributed by atoms with E-state index in [2.05, 4.69) is 29.4 Å². The molecular weight excluding hydrogens is 443 g/mol. The van der Waals surface area contributed by atoms with Crippen LogP contribution in [0.4, 0.5) is 0 Å². The van der Waals surface area contributed by atoms with Gasteiger partial charge in [-0.1, -0.05) is 0 Å². The van der Waals surface area contributed by atoms with Crippen LogP contribution in [0.3, 0.4) is 0 Å². The van der Waals surface area contributed by atoms with Crippen molar-refractivity contribution < 1.29 is 9.47 Å². The van der Waals surface area contributed by atoms with Gasteiger partial charge in [0.1, 0.15) is 0 Å². The van der Waals surface area contributed by atoms with E-state index in [1.54, 1.807) is 0 Å². The molecule has 152 valence electrons. The number of nitrogens with one attached hydrogen (secondary N) is 2. The first-order valence-electron chi connectivity index (χ1n) is 10.1. The molecule has 0 aromatic rings. The smallest absolute Gasteiger partial charge is 0.191 e. The number of likely N-dealkylation sites (tertiary alicyclic amines) is 1. The molecule has 0 saturated carbocycles. The molecule has 3 heterocycles. The highest BCUT2D eigenvalue weighted by Gasteiger charge is 2.39. The zero-order chi connectivity index (χ0) is 17.6. The number of halogens is 1. The fourth-order valence-electron chi connectivity index (χ4n) is 4.33. The van der Waals surface area contributed by atoms with Crippen LogP contribution in [-0.4, -0.2) is 74.5 Å². The summed E-state index contributed by atoms with van der Waals surface area (Å²) in [6.07, 6.45) is 7.10. The molecule has 7 heteroatoms. The summed E-state index contributed by atoms with van der Waals surface area (Å²) in [4.78, 5) is 7.66. The predicted molar refractivity (Wildman–Crippen MR) is 117 cm³/mol. The van der Waals surface area contributed by atoms with Crippen molar-refractivity contribution in [2.45, 2.75) is 63.5 Å². The first-order valence-corrected chi connectivity index (χ1v) is 10.1. The lowest BCUT2D eigenvalue weighted by atomic mass is 9.88. The first-order chi connectivity index (χ1) is 12.2. The lowest BCUT2D eigenvalue weighted by molar-refractivity contribution is -0.0139. The predicted octanol–water partition coefficient (Wildman–Crippen LogP) is 2.37. The van der Waals surface area contributed by atoms with Crippen molar-refractivity contribution in [3.05, 3.63) is 0 Å². The van der Waals surface area contributed by atoms with Crippen LogP contribution in [0.25, 0.3) is 0 Å². The van der Waals surface area contributed by atoms with Crippen LogP contribution < -0.4 is 10.6 Å². The molecule has 3 rings (SSSR count). The van der Waals surface area contributed by atoms with Crippen molar-refractivity contribution in [2.24, 2.45) is 4.99 Å². The first kappa shape index (κ1) is 22.2. The minimum absolute atomic E-state index is 0. The monoisotopic (exact) mass is 480 g/mol. The van der Waals surface area contributed by atoms with Crippen LogP contribution in [0, 0.1) is 0 Å². The van der Waals surface area contributed by atoms with E-state index in [-0.39, 0.29) is 35.1 Å². The van der Waals surface area contributed by atoms with Crippen LogP contribution in [0.15, 0.2) is 4.99 Å². The van der Waals surface area contributed by atoms with Crippen molar-refractivity contribution in [3.8, 4) is 0 Å². The molecule has 0 bridgehead atoms. The highest BCUT2D eigenvalue weighted by Crippen LogP contribution is 2.31. The Labute approximate surface area is 175 Å². The maximum absolute atomic E-state index is 5.89. The van der Waals surface area contributed by atoms with E-state index in [0.717, 1.165) is 71.1 Å². The van der Waals surface area contributed by atoms with E-state index in [9.17, 15) is 0 Å². The van der Waals surface area contributed by atoms with Gasteiger partial charge in [0.15, 0.2) is 5.96 Å². The number of aliphatic imine (C=N–C) groups is 1. The van der Waals surface area contributed by atoms with E-state index in [1.165, 1.54) is 25.9 Å². The molecule has 26 heavy (non-hydrogen) atoms. The van der Waals surface area contributed by atoms with Gasteiger partial charge in [0.2, 0.25) is 0 Å². The maximum Gasteiger partial charge on any atom is 0.191 e. The highest BCUT2D eigenvalue weighted by atomic mass is 127. The number of nitrogens with zero attached hydrogens (tertiary/aromatic N) is 2. The number of rotatable bonds is 6. The Morgan fingerprint density at radius 2 is 1.77 bits per heavy atom. The molecule has 0 aromatic heterocycles. The molecule has 1 atom stereocenters. The minimum Gasteiger partial charge on any atom is -0.381 e. The summed E-state index contributed by atoms with van der Waals surface area (Å²) in [6, 6.07) is 0. The Morgan fingerprint density at radius 3 is 2.38 bits per heavy atom. The average Bonchev–Trinajstić information content (AvgIpc) is 3.31. The van der Waals surface area contributed by atoms with E-state index >= 15 is 0 Å². The molecule has 3 saturated heterocycles. The van der Waals surface area contributed by atoms with Gasteiger partial charge >= 0.3 is 0 Å².